The van der Waals surface area contributed by atoms with Crippen molar-refractivity contribution < 1.29 is 9.53 Å². The summed E-state index contributed by atoms with van der Waals surface area (Å²) in [7, 11) is 0. The van der Waals surface area contributed by atoms with E-state index in [1.807, 2.05) is 37.8 Å². The minimum Gasteiger partial charge on any atom is -0.444 e. The molecule has 5 nitrogen and oxygen atoms in total. The van der Waals surface area contributed by atoms with Gasteiger partial charge in [0.1, 0.15) is 5.60 Å². The van der Waals surface area contributed by atoms with Gasteiger partial charge in [-0.25, -0.2) is 4.79 Å². The number of nitrogens with zero attached hydrogens (tertiary/aromatic N) is 2. The van der Waals surface area contributed by atoms with Crippen LogP contribution in [0.2, 0.25) is 0 Å². The van der Waals surface area contributed by atoms with Crippen molar-refractivity contribution in [3.63, 3.8) is 0 Å². The molecule has 24 heavy (non-hydrogen) atoms. The monoisotopic (exact) mass is 331 g/mol. The summed E-state index contributed by atoms with van der Waals surface area (Å²) in [5, 5.41) is 0. The normalized spacial score (nSPS) is 20.0. The van der Waals surface area contributed by atoms with Crippen molar-refractivity contribution in [1.82, 2.24) is 4.90 Å². The van der Waals surface area contributed by atoms with Crippen LogP contribution in [-0.2, 0) is 4.74 Å². The molecule has 2 fully saturated rings. The zero-order chi connectivity index (χ0) is 17.5. The average molecular weight is 331 g/mol. The zero-order valence-electron chi connectivity index (χ0n) is 15.3. The van der Waals surface area contributed by atoms with Gasteiger partial charge < -0.3 is 20.3 Å². The number of likely N-dealkylation sites (tertiary alicyclic amines) is 1. The number of benzene rings is 1. The molecule has 5 heteroatoms. The molecular weight excluding hydrogens is 302 g/mol. The van der Waals surface area contributed by atoms with Crippen LogP contribution >= 0.6 is 0 Å². The molecule has 2 aliphatic rings. The maximum Gasteiger partial charge on any atom is 0.410 e. The quantitative estimate of drug-likeness (QED) is 0.800. The number of carbonyl (C=O) groups is 1. The molecule has 0 bridgehead atoms. The van der Waals surface area contributed by atoms with Crippen LogP contribution in [0.25, 0.3) is 0 Å². The minimum absolute atomic E-state index is 0.000542. The van der Waals surface area contributed by atoms with Crippen molar-refractivity contribution in [3.05, 3.63) is 23.8 Å². The Labute approximate surface area is 144 Å². The summed E-state index contributed by atoms with van der Waals surface area (Å²) in [5.41, 5.74) is 8.69. The first-order valence-corrected chi connectivity index (χ1v) is 8.82. The smallest absolute Gasteiger partial charge is 0.410 e. The SMILES string of the molecule is Cc1cc(N)ccc1N1CCC2(CC1)CCN2C(=O)OC(C)(C)C. The van der Waals surface area contributed by atoms with Crippen LogP contribution in [0.5, 0.6) is 0 Å². The number of hydrogen-bond donors (Lipinski definition) is 1. The Kier molecular flexibility index (Phi) is 4.14. The van der Waals surface area contributed by atoms with Crippen LogP contribution in [0, 0.1) is 6.92 Å². The van der Waals surface area contributed by atoms with Gasteiger partial charge in [-0.05, 0) is 70.7 Å². The second kappa shape index (κ2) is 5.87. The van der Waals surface area contributed by atoms with Crippen molar-refractivity contribution in [1.29, 1.82) is 0 Å². The lowest BCUT2D eigenvalue weighted by Gasteiger charge is -2.56. The Morgan fingerprint density at radius 2 is 1.79 bits per heavy atom. The first kappa shape index (κ1) is 16.9. The van der Waals surface area contributed by atoms with Crippen LogP contribution in [0.1, 0.15) is 45.6 Å². The summed E-state index contributed by atoms with van der Waals surface area (Å²) in [6.45, 7) is 10.6. The van der Waals surface area contributed by atoms with Crippen LogP contribution < -0.4 is 10.6 Å². The molecule has 1 amide bonds. The first-order valence-electron chi connectivity index (χ1n) is 8.82. The third-order valence-electron chi connectivity index (χ3n) is 5.24. The number of piperidine rings is 1. The molecule has 1 aromatic rings. The molecule has 0 aliphatic carbocycles. The summed E-state index contributed by atoms with van der Waals surface area (Å²) < 4.78 is 5.57. The predicted octanol–water partition coefficient (Wildman–Crippen LogP) is 3.56. The number of aryl methyl sites for hydroxylation is 1. The molecular formula is C19H29N3O2. The van der Waals surface area contributed by atoms with E-state index in [9.17, 15) is 4.79 Å². The Morgan fingerprint density at radius 3 is 2.29 bits per heavy atom. The highest BCUT2D eigenvalue weighted by molar-refractivity contribution is 5.70. The number of carbonyl (C=O) groups excluding carboxylic acids is 1. The molecule has 2 saturated heterocycles. The first-order chi connectivity index (χ1) is 11.2. The van der Waals surface area contributed by atoms with E-state index in [4.69, 9.17) is 10.5 Å². The van der Waals surface area contributed by atoms with Gasteiger partial charge in [-0.1, -0.05) is 0 Å². The van der Waals surface area contributed by atoms with Crippen molar-refractivity contribution in [2.45, 2.75) is 58.1 Å². The van der Waals surface area contributed by atoms with Gasteiger partial charge in [0.15, 0.2) is 0 Å². The summed E-state index contributed by atoms with van der Waals surface area (Å²) in [4.78, 5) is 16.8. The number of hydrogen-bond acceptors (Lipinski definition) is 4. The lowest BCUT2D eigenvalue weighted by molar-refractivity contribution is -0.0541. The van der Waals surface area contributed by atoms with Crippen molar-refractivity contribution >= 4 is 17.5 Å². The molecule has 1 aromatic carbocycles. The zero-order valence-corrected chi connectivity index (χ0v) is 15.3. The fourth-order valence-electron chi connectivity index (χ4n) is 3.86. The summed E-state index contributed by atoms with van der Waals surface area (Å²) in [5.74, 6) is 0. The average Bonchev–Trinajstić information content (AvgIpc) is 2.44. The van der Waals surface area contributed by atoms with E-state index < -0.39 is 5.60 Å². The molecule has 2 heterocycles. The molecule has 2 N–H and O–H groups in total. The lowest BCUT2D eigenvalue weighted by Crippen LogP contribution is -2.66. The standard InChI is InChI=1S/C19H29N3O2/c1-14-13-15(20)5-6-16(14)21-10-7-19(8-11-21)9-12-22(19)17(23)24-18(2,3)4/h5-6,13H,7-12,20H2,1-4H3. The second-order valence-electron chi connectivity index (χ2n) is 8.14. The highest BCUT2D eigenvalue weighted by Crippen LogP contribution is 2.42. The fourth-order valence-corrected chi connectivity index (χ4v) is 3.86. The Bertz CT molecular complexity index is 628. The Hall–Kier alpha value is -1.91. The van der Waals surface area contributed by atoms with Gasteiger partial charge in [0.2, 0.25) is 0 Å². The fraction of sp³-hybridized carbons (Fsp3) is 0.632. The topological polar surface area (TPSA) is 58.8 Å². The highest BCUT2D eigenvalue weighted by Gasteiger charge is 2.50. The maximum absolute atomic E-state index is 12.4. The largest absolute Gasteiger partial charge is 0.444 e. The number of amides is 1. The molecule has 1 spiro atoms. The van der Waals surface area contributed by atoms with Crippen molar-refractivity contribution in [2.75, 3.05) is 30.3 Å². The molecule has 132 valence electrons. The molecule has 0 unspecified atom stereocenters. The molecule has 3 rings (SSSR count). The number of rotatable bonds is 1. The van der Waals surface area contributed by atoms with E-state index in [0.717, 1.165) is 44.6 Å². The third kappa shape index (κ3) is 3.17. The van der Waals surface area contributed by atoms with Gasteiger partial charge in [0.25, 0.3) is 0 Å². The molecule has 0 atom stereocenters. The van der Waals surface area contributed by atoms with Crippen molar-refractivity contribution in [3.8, 4) is 0 Å². The van der Waals surface area contributed by atoms with E-state index in [-0.39, 0.29) is 11.6 Å². The molecule has 0 saturated carbocycles. The number of nitrogens with two attached hydrogens (primary N) is 1. The molecule has 2 aliphatic heterocycles. The van der Waals surface area contributed by atoms with Crippen LogP contribution in [0.4, 0.5) is 16.2 Å². The van der Waals surface area contributed by atoms with E-state index in [0.29, 0.717) is 0 Å². The predicted molar refractivity (Wildman–Crippen MR) is 97.3 cm³/mol. The summed E-state index contributed by atoms with van der Waals surface area (Å²) >= 11 is 0. The van der Waals surface area contributed by atoms with E-state index in [1.54, 1.807) is 0 Å². The van der Waals surface area contributed by atoms with Gasteiger partial charge in [0, 0.05) is 31.0 Å². The van der Waals surface area contributed by atoms with Gasteiger partial charge >= 0.3 is 6.09 Å². The molecule has 0 aromatic heterocycles. The minimum atomic E-state index is -0.435. The Morgan fingerprint density at radius 1 is 1.17 bits per heavy atom. The van der Waals surface area contributed by atoms with Gasteiger partial charge in [-0.2, -0.15) is 0 Å². The van der Waals surface area contributed by atoms with E-state index in [1.165, 1.54) is 11.3 Å². The maximum atomic E-state index is 12.4. The third-order valence-corrected chi connectivity index (χ3v) is 5.24. The summed E-state index contributed by atoms with van der Waals surface area (Å²) in [6, 6.07) is 6.09. The van der Waals surface area contributed by atoms with Crippen LogP contribution in [0.3, 0.4) is 0 Å². The van der Waals surface area contributed by atoms with Crippen LogP contribution in [0.15, 0.2) is 18.2 Å². The van der Waals surface area contributed by atoms with E-state index >= 15 is 0 Å². The van der Waals surface area contributed by atoms with Gasteiger partial charge in [0.05, 0.1) is 5.54 Å². The number of ether oxygens (including phenoxy) is 1. The number of anilines is 2. The van der Waals surface area contributed by atoms with E-state index in [2.05, 4.69) is 17.9 Å². The highest BCUT2D eigenvalue weighted by atomic mass is 16.6. The Balaban J connectivity index is 1.65. The van der Waals surface area contributed by atoms with Gasteiger partial charge in [-0.15, -0.1) is 0 Å². The number of nitrogen functional groups attached to an aromatic ring is 1. The van der Waals surface area contributed by atoms with Gasteiger partial charge in [-0.3, -0.25) is 0 Å². The van der Waals surface area contributed by atoms with Crippen LogP contribution in [-0.4, -0.2) is 41.8 Å². The summed E-state index contributed by atoms with van der Waals surface area (Å²) in [6.07, 6.45) is 2.92. The lowest BCUT2D eigenvalue weighted by atomic mass is 9.76. The van der Waals surface area contributed by atoms with Crippen molar-refractivity contribution in [2.24, 2.45) is 0 Å². The second-order valence-corrected chi connectivity index (χ2v) is 8.14. The molecule has 0 radical (unpaired) electrons.